The minimum Gasteiger partial charge on any atom is -0.341 e. The molecule has 0 unspecified atom stereocenters. The number of halogens is 8. The van der Waals surface area contributed by atoms with Crippen LogP contribution in [0.4, 0.5) is 35.1 Å². The summed E-state index contributed by atoms with van der Waals surface area (Å²) in [6, 6.07) is 7.00. The van der Waals surface area contributed by atoms with Crippen LogP contribution in [0.15, 0.2) is 65.3 Å². The first-order chi connectivity index (χ1) is 13.8. The van der Waals surface area contributed by atoms with Crippen LogP contribution in [0.3, 0.4) is 0 Å². The van der Waals surface area contributed by atoms with Crippen LogP contribution in [0.1, 0.15) is 15.9 Å². The van der Waals surface area contributed by atoms with Crippen LogP contribution in [-0.4, -0.2) is 29.5 Å². The average molecular weight is 434 g/mol. The number of carbonyl (C=O) groups is 1. The lowest BCUT2D eigenvalue weighted by atomic mass is 9.93. The Kier molecular flexibility index (Phi) is 5.17. The van der Waals surface area contributed by atoms with E-state index >= 15 is 0 Å². The average Bonchev–Trinajstić information content (AvgIpc) is 3.03. The summed E-state index contributed by atoms with van der Waals surface area (Å²) in [5.74, 6) is -3.59. The van der Waals surface area contributed by atoms with E-state index in [4.69, 9.17) is 0 Å². The van der Waals surface area contributed by atoms with Crippen molar-refractivity contribution in [2.75, 3.05) is 0 Å². The Hall–Kier alpha value is -3.24. The van der Waals surface area contributed by atoms with Gasteiger partial charge in [0.25, 0.3) is 5.54 Å². The second kappa shape index (κ2) is 7.22. The number of hydrogen-bond donors (Lipinski definition) is 1. The van der Waals surface area contributed by atoms with Crippen LogP contribution < -0.4 is 5.32 Å². The summed E-state index contributed by atoms with van der Waals surface area (Å²) in [6.45, 7) is 0. The largest absolute Gasteiger partial charge is 0.428 e. The molecule has 0 atom stereocenters. The third kappa shape index (κ3) is 3.66. The summed E-state index contributed by atoms with van der Waals surface area (Å²) >= 11 is 0. The molecule has 0 saturated carbocycles. The molecule has 0 fully saturated rings. The number of rotatable bonds is 3. The molecule has 1 aliphatic heterocycles. The predicted octanol–water partition coefficient (Wildman–Crippen LogP) is 4.94. The fourth-order valence-corrected chi connectivity index (χ4v) is 2.78. The van der Waals surface area contributed by atoms with Crippen molar-refractivity contribution in [1.29, 1.82) is 0 Å². The molecule has 0 spiro atoms. The van der Waals surface area contributed by atoms with E-state index in [1.807, 2.05) is 5.32 Å². The molecule has 0 radical (unpaired) electrons. The Morgan fingerprint density at radius 1 is 0.833 bits per heavy atom. The fourth-order valence-electron chi connectivity index (χ4n) is 2.78. The molecule has 0 bridgehead atoms. The highest BCUT2D eigenvalue weighted by Crippen LogP contribution is 2.52. The van der Waals surface area contributed by atoms with Crippen molar-refractivity contribution in [3.05, 3.63) is 83.1 Å². The maximum absolute atomic E-state index is 13.7. The number of aliphatic imine (C=N–C) groups is 1. The molecule has 0 saturated heterocycles. The number of alkyl halides is 6. The molecule has 11 heteroatoms. The number of nitrogens with zero attached hydrogens (tertiary/aromatic N) is 1. The summed E-state index contributed by atoms with van der Waals surface area (Å²) in [5.41, 5.74) is -6.90. The molecule has 30 heavy (non-hydrogen) atoms. The highest BCUT2D eigenvalue weighted by Gasteiger charge is 2.75. The third-order valence-electron chi connectivity index (χ3n) is 4.26. The molecule has 1 heterocycles. The van der Waals surface area contributed by atoms with Crippen LogP contribution >= 0.6 is 0 Å². The number of benzene rings is 2. The SMILES string of the molecule is O=C(/C=C1\NC(c2ccc(F)cc2)=NC1(C(F)(F)F)C(F)(F)F)c1ccc(F)cc1. The lowest BCUT2D eigenvalue weighted by Crippen LogP contribution is -2.56. The van der Waals surface area contributed by atoms with Crippen LogP contribution in [0.5, 0.6) is 0 Å². The molecule has 1 N–H and O–H groups in total. The Morgan fingerprint density at radius 2 is 1.30 bits per heavy atom. The van der Waals surface area contributed by atoms with Gasteiger partial charge in [-0.3, -0.25) is 4.79 Å². The predicted molar refractivity (Wildman–Crippen MR) is 89.7 cm³/mol. The van der Waals surface area contributed by atoms with Gasteiger partial charge in [0.05, 0.1) is 5.70 Å². The number of ketones is 1. The van der Waals surface area contributed by atoms with Gasteiger partial charge in [-0.25, -0.2) is 13.8 Å². The second-order valence-corrected chi connectivity index (χ2v) is 6.23. The number of hydrogen-bond acceptors (Lipinski definition) is 3. The first-order valence-electron chi connectivity index (χ1n) is 8.13. The van der Waals surface area contributed by atoms with Gasteiger partial charge in [-0.05, 0) is 48.5 Å². The quantitative estimate of drug-likeness (QED) is 0.422. The van der Waals surface area contributed by atoms with Crippen LogP contribution in [-0.2, 0) is 0 Å². The van der Waals surface area contributed by atoms with E-state index < -0.39 is 46.8 Å². The highest BCUT2D eigenvalue weighted by molar-refractivity contribution is 6.08. The van der Waals surface area contributed by atoms with Crippen LogP contribution in [0.2, 0.25) is 0 Å². The molecule has 0 amide bonds. The van der Waals surface area contributed by atoms with Crippen molar-refractivity contribution in [2.45, 2.75) is 17.9 Å². The van der Waals surface area contributed by atoms with E-state index in [1.54, 1.807) is 0 Å². The second-order valence-electron chi connectivity index (χ2n) is 6.23. The van der Waals surface area contributed by atoms with E-state index in [1.165, 1.54) is 0 Å². The molecular formula is C19H10F8N2O. The molecule has 2 aromatic carbocycles. The molecule has 3 nitrogen and oxygen atoms in total. The zero-order valence-corrected chi connectivity index (χ0v) is 14.6. The Morgan fingerprint density at radius 3 is 1.77 bits per heavy atom. The highest BCUT2D eigenvalue weighted by atomic mass is 19.4. The molecule has 0 aliphatic carbocycles. The number of amidine groups is 1. The monoisotopic (exact) mass is 434 g/mol. The van der Waals surface area contributed by atoms with E-state index in [2.05, 4.69) is 4.99 Å². The van der Waals surface area contributed by atoms with E-state index in [0.29, 0.717) is 0 Å². The van der Waals surface area contributed by atoms with E-state index in [9.17, 15) is 39.9 Å². The smallest absolute Gasteiger partial charge is 0.341 e. The maximum Gasteiger partial charge on any atom is 0.428 e. The lowest BCUT2D eigenvalue weighted by molar-refractivity contribution is -0.281. The molecular weight excluding hydrogens is 424 g/mol. The molecule has 2 aromatic rings. The van der Waals surface area contributed by atoms with Gasteiger partial charge in [-0.15, -0.1) is 0 Å². The van der Waals surface area contributed by atoms with Crippen LogP contribution in [0.25, 0.3) is 0 Å². The molecule has 0 aromatic heterocycles. The summed E-state index contributed by atoms with van der Waals surface area (Å²) in [6.07, 6.45) is -11.8. The van der Waals surface area contributed by atoms with Gasteiger partial charge in [0, 0.05) is 17.2 Å². The summed E-state index contributed by atoms with van der Waals surface area (Å²) in [4.78, 5) is 15.1. The molecule has 158 valence electrons. The minimum absolute atomic E-state index is 0.119. The zero-order valence-electron chi connectivity index (χ0n) is 14.6. The first-order valence-corrected chi connectivity index (χ1v) is 8.13. The lowest BCUT2D eigenvalue weighted by Gasteiger charge is -2.31. The third-order valence-corrected chi connectivity index (χ3v) is 4.26. The van der Waals surface area contributed by atoms with Crippen molar-refractivity contribution in [1.82, 2.24) is 5.32 Å². The normalized spacial score (nSPS) is 17.6. The Balaban J connectivity index is 2.16. The van der Waals surface area contributed by atoms with Gasteiger partial charge in [0.1, 0.15) is 17.5 Å². The summed E-state index contributed by atoms with van der Waals surface area (Å²) < 4.78 is 108. The van der Waals surface area contributed by atoms with E-state index in [0.717, 1.165) is 48.5 Å². The number of carbonyl (C=O) groups excluding carboxylic acids is 1. The van der Waals surface area contributed by atoms with Gasteiger partial charge in [0.15, 0.2) is 5.78 Å². The Bertz CT molecular complexity index is 1000. The van der Waals surface area contributed by atoms with Crippen molar-refractivity contribution in [2.24, 2.45) is 4.99 Å². The van der Waals surface area contributed by atoms with Gasteiger partial charge < -0.3 is 5.32 Å². The topological polar surface area (TPSA) is 41.5 Å². The van der Waals surface area contributed by atoms with Crippen LogP contribution in [0, 0.1) is 11.6 Å². The number of nitrogens with one attached hydrogen (secondary N) is 1. The van der Waals surface area contributed by atoms with Gasteiger partial charge in [-0.2, -0.15) is 26.3 Å². The van der Waals surface area contributed by atoms with Crippen molar-refractivity contribution < 1.29 is 39.9 Å². The summed E-state index contributed by atoms with van der Waals surface area (Å²) in [5, 5.41) is 1.90. The number of allylic oxidation sites excluding steroid dienone is 1. The van der Waals surface area contributed by atoms with Crippen molar-refractivity contribution in [3.8, 4) is 0 Å². The van der Waals surface area contributed by atoms with Gasteiger partial charge in [-0.1, -0.05) is 0 Å². The van der Waals surface area contributed by atoms with E-state index in [-0.39, 0.29) is 17.2 Å². The van der Waals surface area contributed by atoms with Gasteiger partial charge in [0.2, 0.25) is 0 Å². The van der Waals surface area contributed by atoms with Crippen molar-refractivity contribution in [3.63, 3.8) is 0 Å². The van der Waals surface area contributed by atoms with Crippen molar-refractivity contribution >= 4 is 11.6 Å². The fraction of sp³-hybridized carbons (Fsp3) is 0.158. The first kappa shape index (κ1) is 21.5. The minimum atomic E-state index is -5.96. The van der Waals surface area contributed by atoms with Gasteiger partial charge >= 0.3 is 12.4 Å². The Labute approximate surface area is 163 Å². The zero-order chi connectivity index (χ0) is 22.3. The standard InChI is InChI=1S/C19H10F8N2O/c20-12-5-1-10(2-6-12)14(30)9-15-17(18(22,23)24,19(25,26)27)29-16(28-15)11-3-7-13(21)8-4-11/h1-9H,(H,28,29)/b15-9-. The molecule has 3 rings (SSSR count). The summed E-state index contributed by atoms with van der Waals surface area (Å²) in [7, 11) is 0. The maximum atomic E-state index is 13.7. The molecule has 1 aliphatic rings.